The zero-order valence-corrected chi connectivity index (χ0v) is 33.7. The van der Waals surface area contributed by atoms with E-state index in [0.29, 0.717) is 24.9 Å². The summed E-state index contributed by atoms with van der Waals surface area (Å²) >= 11 is 0. The van der Waals surface area contributed by atoms with Gasteiger partial charge in [-0.2, -0.15) is 0 Å². The summed E-state index contributed by atoms with van der Waals surface area (Å²) in [4.78, 5) is 60.3. The van der Waals surface area contributed by atoms with Gasteiger partial charge >= 0.3 is 0 Å². The van der Waals surface area contributed by atoms with Gasteiger partial charge in [0, 0.05) is 27.8 Å². The standard InChI is InChI=1S/C40H67N5O7/c1-14-26(6)35(44(11)40(50)33(24(2)3)42-39(49)34(25(4)5)43(9)10)31(51-12)23-32(46)45-22-18-21-30(45)37(52-13)27(7)38(48)41-28(8)36(47)29-19-16-15-17-20-29/h15-17,19-20,24-25,27-28,30-31,33-37,47H,6,14,18,21-23H2,1-5,7-13H3,(H,41,48)(H,42,49)/t27?,28-,30+,31?,33+,34+,35+,36-,37-/m1/s1. The predicted octanol–water partition coefficient (Wildman–Crippen LogP) is 3.79. The topological polar surface area (TPSA) is 141 Å². The van der Waals surface area contributed by atoms with Crippen LogP contribution in [0.5, 0.6) is 0 Å². The Bertz CT molecular complexity index is 1310. The van der Waals surface area contributed by atoms with E-state index < -0.39 is 48.4 Å². The van der Waals surface area contributed by atoms with Crippen molar-refractivity contribution >= 4 is 23.6 Å². The monoisotopic (exact) mass is 730 g/mol. The van der Waals surface area contributed by atoms with E-state index in [0.717, 1.165) is 12.0 Å². The molecule has 0 spiro atoms. The van der Waals surface area contributed by atoms with Gasteiger partial charge in [0.25, 0.3) is 0 Å². The number of likely N-dealkylation sites (tertiary alicyclic amines) is 1. The van der Waals surface area contributed by atoms with E-state index in [4.69, 9.17) is 9.47 Å². The molecule has 4 amide bonds. The molecule has 1 aliphatic rings. The first-order chi connectivity index (χ1) is 24.4. The van der Waals surface area contributed by atoms with Gasteiger partial charge in [-0.25, -0.2) is 0 Å². The molecule has 1 fully saturated rings. The lowest BCUT2D eigenvalue weighted by Gasteiger charge is -2.39. The van der Waals surface area contributed by atoms with Gasteiger partial charge in [-0.05, 0) is 57.7 Å². The fraction of sp³-hybridized carbons (Fsp3) is 0.700. The van der Waals surface area contributed by atoms with Gasteiger partial charge in [-0.15, -0.1) is 0 Å². The van der Waals surface area contributed by atoms with Crippen LogP contribution in [-0.2, 0) is 28.7 Å². The van der Waals surface area contributed by atoms with Crippen LogP contribution in [0.25, 0.3) is 0 Å². The molecule has 0 radical (unpaired) electrons. The van der Waals surface area contributed by atoms with Crippen molar-refractivity contribution in [3.63, 3.8) is 0 Å². The quantitative estimate of drug-likeness (QED) is 0.172. The van der Waals surface area contributed by atoms with Gasteiger partial charge in [0.05, 0.1) is 54.8 Å². The minimum absolute atomic E-state index is 0.0274. The molecule has 1 saturated heterocycles. The fourth-order valence-corrected chi connectivity index (χ4v) is 7.51. The SMILES string of the molecule is C=C(CC)[C@@H](C(CC(=O)N1CCC[C@H]1[C@H](OC)C(C)C(=O)N[C@H](C)[C@@H](O)c1ccccc1)OC)N(C)C(=O)[C@@H](NC(=O)[C@H](C(C)C)N(C)C)C(C)C. The van der Waals surface area contributed by atoms with Crippen LogP contribution in [-0.4, -0.2) is 128 Å². The Morgan fingerprint density at radius 2 is 1.54 bits per heavy atom. The second kappa shape index (κ2) is 20.8. The van der Waals surface area contributed by atoms with Crippen LogP contribution in [0.15, 0.2) is 42.5 Å². The van der Waals surface area contributed by atoms with Gasteiger partial charge in [-0.1, -0.05) is 84.0 Å². The van der Waals surface area contributed by atoms with Crippen molar-refractivity contribution < 1.29 is 33.8 Å². The molecule has 1 aromatic carbocycles. The van der Waals surface area contributed by atoms with Crippen LogP contribution in [0.2, 0.25) is 0 Å². The van der Waals surface area contributed by atoms with Gasteiger partial charge < -0.3 is 35.0 Å². The van der Waals surface area contributed by atoms with Crippen molar-refractivity contribution in [1.82, 2.24) is 25.3 Å². The summed E-state index contributed by atoms with van der Waals surface area (Å²) in [7, 11) is 8.43. The molecular weight excluding hydrogens is 662 g/mol. The zero-order valence-electron chi connectivity index (χ0n) is 33.7. The number of amides is 4. The van der Waals surface area contributed by atoms with Crippen LogP contribution in [0, 0.1) is 17.8 Å². The van der Waals surface area contributed by atoms with E-state index in [1.165, 1.54) is 7.11 Å². The maximum absolute atomic E-state index is 14.2. The van der Waals surface area contributed by atoms with Crippen molar-refractivity contribution in [3.05, 3.63) is 48.0 Å². The van der Waals surface area contributed by atoms with Crippen LogP contribution >= 0.6 is 0 Å². The average Bonchev–Trinajstić information content (AvgIpc) is 3.59. The van der Waals surface area contributed by atoms with Crippen molar-refractivity contribution in [2.24, 2.45) is 17.8 Å². The van der Waals surface area contributed by atoms with Gasteiger partial charge in [0.15, 0.2) is 0 Å². The maximum atomic E-state index is 14.2. The number of carbonyl (C=O) groups is 4. The molecule has 1 aromatic rings. The molecule has 3 N–H and O–H groups in total. The van der Waals surface area contributed by atoms with Crippen molar-refractivity contribution in [1.29, 1.82) is 0 Å². The van der Waals surface area contributed by atoms with E-state index in [-0.39, 0.29) is 47.9 Å². The normalized spacial score (nSPS) is 19.4. The number of rotatable bonds is 20. The molecule has 0 bridgehead atoms. The van der Waals surface area contributed by atoms with Crippen LogP contribution in [0.1, 0.15) is 85.8 Å². The van der Waals surface area contributed by atoms with E-state index in [1.807, 2.05) is 83.9 Å². The summed E-state index contributed by atoms with van der Waals surface area (Å²) in [6.07, 6.45) is -0.266. The first-order valence-corrected chi connectivity index (χ1v) is 18.7. The van der Waals surface area contributed by atoms with E-state index in [2.05, 4.69) is 17.2 Å². The Balaban J connectivity index is 2.26. The first-order valence-electron chi connectivity index (χ1n) is 18.7. The highest BCUT2D eigenvalue weighted by Gasteiger charge is 2.43. The Morgan fingerprint density at radius 3 is 2.04 bits per heavy atom. The average molecular weight is 730 g/mol. The molecule has 2 rings (SSSR count). The van der Waals surface area contributed by atoms with E-state index >= 15 is 0 Å². The Hall–Kier alpha value is -3.32. The minimum Gasteiger partial charge on any atom is -0.386 e. The molecule has 294 valence electrons. The molecule has 2 unspecified atom stereocenters. The third-order valence-electron chi connectivity index (χ3n) is 10.5. The number of methoxy groups -OCH3 is 2. The second-order valence-electron chi connectivity index (χ2n) is 15.2. The number of aliphatic hydroxyl groups is 1. The van der Waals surface area contributed by atoms with Gasteiger partial charge in [-0.3, -0.25) is 24.1 Å². The molecule has 52 heavy (non-hydrogen) atoms. The third-order valence-corrected chi connectivity index (χ3v) is 10.5. The van der Waals surface area contributed by atoms with E-state index in [9.17, 15) is 24.3 Å². The lowest BCUT2D eigenvalue weighted by atomic mass is 9.92. The van der Waals surface area contributed by atoms with Gasteiger partial charge in [0.2, 0.25) is 23.6 Å². The molecule has 12 nitrogen and oxygen atoms in total. The highest BCUT2D eigenvalue weighted by Crippen LogP contribution is 2.30. The lowest BCUT2D eigenvalue weighted by molar-refractivity contribution is -0.145. The molecule has 9 atom stereocenters. The van der Waals surface area contributed by atoms with Crippen LogP contribution in [0.3, 0.4) is 0 Å². The van der Waals surface area contributed by atoms with Crippen molar-refractivity contribution in [2.45, 2.75) is 123 Å². The summed E-state index contributed by atoms with van der Waals surface area (Å²) in [6.45, 7) is 18.0. The number of nitrogens with zero attached hydrogens (tertiary/aromatic N) is 3. The third kappa shape index (κ3) is 11.3. The molecule has 1 aliphatic heterocycles. The van der Waals surface area contributed by atoms with Crippen LogP contribution in [0.4, 0.5) is 0 Å². The summed E-state index contributed by atoms with van der Waals surface area (Å²) < 4.78 is 11.9. The number of nitrogens with one attached hydrogen (secondary N) is 2. The molecule has 0 aromatic heterocycles. The number of benzene rings is 1. The summed E-state index contributed by atoms with van der Waals surface area (Å²) in [5, 5.41) is 16.8. The van der Waals surface area contributed by atoms with Crippen LogP contribution < -0.4 is 10.6 Å². The highest BCUT2D eigenvalue weighted by molar-refractivity contribution is 5.90. The lowest BCUT2D eigenvalue weighted by Crippen LogP contribution is -2.59. The molecule has 12 heteroatoms. The zero-order chi connectivity index (χ0) is 39.4. The fourth-order valence-electron chi connectivity index (χ4n) is 7.51. The number of hydrogen-bond acceptors (Lipinski definition) is 8. The largest absolute Gasteiger partial charge is 0.386 e. The number of ether oxygens (including phenoxy) is 2. The predicted molar refractivity (Wildman–Crippen MR) is 204 cm³/mol. The number of aliphatic hydroxyl groups excluding tert-OH is 1. The summed E-state index contributed by atoms with van der Waals surface area (Å²) in [6, 6.07) is 6.42. The molecule has 0 aliphatic carbocycles. The van der Waals surface area contributed by atoms with Gasteiger partial charge in [0.1, 0.15) is 6.04 Å². The highest BCUT2D eigenvalue weighted by atomic mass is 16.5. The Morgan fingerprint density at radius 1 is 0.923 bits per heavy atom. The minimum atomic E-state index is -0.883. The van der Waals surface area contributed by atoms with Crippen molar-refractivity contribution in [2.75, 3.05) is 41.9 Å². The number of hydrogen-bond donors (Lipinski definition) is 3. The van der Waals surface area contributed by atoms with Crippen molar-refractivity contribution in [3.8, 4) is 0 Å². The molecule has 1 heterocycles. The van der Waals surface area contributed by atoms with E-state index in [1.54, 1.807) is 37.8 Å². The Labute approximate surface area is 312 Å². The Kier molecular flexibility index (Phi) is 17.9. The maximum Gasteiger partial charge on any atom is 0.245 e. The molecule has 0 saturated carbocycles. The molecular formula is C40H67N5O7. The smallest absolute Gasteiger partial charge is 0.245 e. The summed E-state index contributed by atoms with van der Waals surface area (Å²) in [5.74, 6) is -1.74. The second-order valence-corrected chi connectivity index (χ2v) is 15.2. The first kappa shape index (κ1) is 44.8. The number of likely N-dealkylation sites (N-methyl/N-ethyl adjacent to an activating group) is 2. The number of carbonyl (C=O) groups excluding carboxylic acids is 4. The summed E-state index contributed by atoms with van der Waals surface area (Å²) in [5.41, 5.74) is 1.43.